The Morgan fingerprint density at radius 1 is 1.19 bits per heavy atom. The predicted octanol–water partition coefficient (Wildman–Crippen LogP) is 5.52. The molecule has 3 nitrogen and oxygen atoms in total. The fraction of sp³-hybridized carbons (Fsp3) is 0.438. The van der Waals surface area contributed by atoms with Crippen LogP contribution in [0.15, 0.2) is 22.7 Å². The number of benzene rings is 1. The van der Waals surface area contributed by atoms with Gasteiger partial charge in [0.1, 0.15) is 5.76 Å². The third-order valence-corrected chi connectivity index (χ3v) is 4.88. The molecular weight excluding hydrogens is 307 g/mol. The molecule has 1 aromatic carbocycles. The van der Waals surface area contributed by atoms with E-state index in [9.17, 15) is 0 Å². The lowest BCUT2D eigenvalue weighted by Gasteiger charge is -2.25. The van der Waals surface area contributed by atoms with Crippen LogP contribution in [0.4, 0.5) is 5.82 Å². The highest BCUT2D eigenvalue weighted by atomic mass is 35.5. The molecule has 1 saturated carbocycles. The van der Waals surface area contributed by atoms with Gasteiger partial charge in [0.15, 0.2) is 5.82 Å². The molecule has 0 saturated heterocycles. The molecule has 0 unspecified atom stereocenters. The second kappa shape index (κ2) is 5.90. The molecule has 0 bridgehead atoms. The largest absolute Gasteiger partial charge is 0.380 e. The minimum Gasteiger partial charge on any atom is -0.380 e. The van der Waals surface area contributed by atoms with Gasteiger partial charge in [-0.25, -0.2) is 0 Å². The number of halogens is 2. The first-order valence-electron chi connectivity index (χ1n) is 7.26. The molecule has 1 aliphatic carbocycles. The molecular formula is C16H18Cl2N2O. The third-order valence-electron chi connectivity index (χ3n) is 4.33. The van der Waals surface area contributed by atoms with Gasteiger partial charge in [0, 0.05) is 16.5 Å². The van der Waals surface area contributed by atoms with Crippen LogP contribution < -0.4 is 5.73 Å². The van der Waals surface area contributed by atoms with E-state index in [1.165, 1.54) is 12.8 Å². The van der Waals surface area contributed by atoms with E-state index in [0.717, 1.165) is 35.6 Å². The molecule has 2 N–H and O–H groups in total. The Morgan fingerprint density at radius 2 is 1.90 bits per heavy atom. The molecule has 0 radical (unpaired) electrons. The predicted molar refractivity (Wildman–Crippen MR) is 86.7 cm³/mol. The maximum Gasteiger partial charge on any atom is 0.175 e. The van der Waals surface area contributed by atoms with E-state index in [-0.39, 0.29) is 0 Å². The average molecular weight is 325 g/mol. The average Bonchev–Trinajstić information content (AvgIpc) is 2.82. The molecule has 0 amide bonds. The van der Waals surface area contributed by atoms with Crippen LogP contribution in [0.5, 0.6) is 0 Å². The first-order chi connectivity index (χ1) is 10.1. The lowest BCUT2D eigenvalue weighted by atomic mass is 9.80. The molecule has 3 rings (SSSR count). The molecule has 112 valence electrons. The Morgan fingerprint density at radius 3 is 2.57 bits per heavy atom. The topological polar surface area (TPSA) is 52.0 Å². The molecule has 1 aromatic heterocycles. The zero-order chi connectivity index (χ0) is 15.0. The van der Waals surface area contributed by atoms with Gasteiger partial charge in [-0.2, -0.15) is 0 Å². The van der Waals surface area contributed by atoms with Crippen molar-refractivity contribution < 1.29 is 4.52 Å². The van der Waals surface area contributed by atoms with Crippen LogP contribution >= 0.6 is 23.2 Å². The first kappa shape index (κ1) is 14.7. The standard InChI is InChI=1S/C16H18Cl2N2O/c1-9-2-4-10(5-3-9)15-14(16(19)20-21-15)12-7-6-11(17)8-13(12)18/h6-10H,2-5H2,1H3,(H2,19,20). The number of nitrogen functional groups attached to an aromatic ring is 1. The lowest BCUT2D eigenvalue weighted by Crippen LogP contribution is -2.11. The monoisotopic (exact) mass is 324 g/mol. The van der Waals surface area contributed by atoms with Crippen LogP contribution in [-0.2, 0) is 0 Å². The van der Waals surface area contributed by atoms with E-state index in [0.29, 0.717) is 21.8 Å². The van der Waals surface area contributed by atoms with E-state index in [1.807, 2.05) is 12.1 Å². The number of hydrogen-bond acceptors (Lipinski definition) is 3. The fourth-order valence-electron chi connectivity index (χ4n) is 3.08. The lowest BCUT2D eigenvalue weighted by molar-refractivity contribution is 0.289. The van der Waals surface area contributed by atoms with E-state index in [2.05, 4.69) is 12.1 Å². The van der Waals surface area contributed by atoms with Crippen molar-refractivity contribution in [1.29, 1.82) is 0 Å². The summed E-state index contributed by atoms with van der Waals surface area (Å²) < 4.78 is 5.54. The van der Waals surface area contributed by atoms with Gasteiger partial charge in [0.2, 0.25) is 0 Å². The van der Waals surface area contributed by atoms with Gasteiger partial charge in [-0.15, -0.1) is 0 Å². The van der Waals surface area contributed by atoms with Gasteiger partial charge in [0.05, 0.1) is 10.6 Å². The quantitative estimate of drug-likeness (QED) is 0.790. The summed E-state index contributed by atoms with van der Waals surface area (Å²) in [5.41, 5.74) is 7.69. The van der Waals surface area contributed by atoms with Gasteiger partial charge >= 0.3 is 0 Å². The molecule has 5 heteroatoms. The maximum absolute atomic E-state index is 6.32. The van der Waals surface area contributed by atoms with E-state index >= 15 is 0 Å². The Balaban J connectivity index is 2.01. The summed E-state index contributed by atoms with van der Waals surface area (Å²) >= 11 is 12.3. The summed E-state index contributed by atoms with van der Waals surface area (Å²) in [4.78, 5) is 0. The van der Waals surface area contributed by atoms with Gasteiger partial charge < -0.3 is 10.3 Å². The Bertz CT molecular complexity index is 646. The number of aromatic nitrogens is 1. The zero-order valence-electron chi connectivity index (χ0n) is 11.9. The summed E-state index contributed by atoms with van der Waals surface area (Å²) in [6.45, 7) is 2.29. The van der Waals surface area contributed by atoms with Gasteiger partial charge in [-0.1, -0.05) is 54.2 Å². The highest BCUT2D eigenvalue weighted by Crippen LogP contribution is 2.44. The molecule has 21 heavy (non-hydrogen) atoms. The highest BCUT2D eigenvalue weighted by Gasteiger charge is 2.28. The Kier molecular flexibility index (Phi) is 4.14. The smallest absolute Gasteiger partial charge is 0.175 e. The van der Waals surface area contributed by atoms with Crippen LogP contribution in [0.1, 0.15) is 44.3 Å². The number of anilines is 1. The van der Waals surface area contributed by atoms with Crippen LogP contribution in [0.25, 0.3) is 11.1 Å². The van der Waals surface area contributed by atoms with Crippen molar-refractivity contribution in [2.24, 2.45) is 5.92 Å². The van der Waals surface area contributed by atoms with Crippen molar-refractivity contribution >= 4 is 29.0 Å². The minimum absolute atomic E-state index is 0.368. The van der Waals surface area contributed by atoms with E-state index < -0.39 is 0 Å². The number of nitrogens with zero attached hydrogens (tertiary/aromatic N) is 1. The van der Waals surface area contributed by atoms with Gasteiger partial charge in [-0.3, -0.25) is 0 Å². The minimum atomic E-state index is 0.368. The van der Waals surface area contributed by atoms with Gasteiger partial charge in [0.25, 0.3) is 0 Å². The maximum atomic E-state index is 6.32. The number of rotatable bonds is 2. The molecule has 2 aromatic rings. The van der Waals surface area contributed by atoms with Crippen LogP contribution in [0.2, 0.25) is 10.0 Å². The molecule has 0 spiro atoms. The van der Waals surface area contributed by atoms with Crippen molar-refractivity contribution in [3.05, 3.63) is 34.0 Å². The zero-order valence-corrected chi connectivity index (χ0v) is 13.4. The summed E-state index contributed by atoms with van der Waals surface area (Å²) in [6, 6.07) is 5.40. The van der Waals surface area contributed by atoms with Crippen molar-refractivity contribution in [1.82, 2.24) is 5.16 Å². The normalized spacial score (nSPS) is 22.4. The highest BCUT2D eigenvalue weighted by molar-refractivity contribution is 6.36. The van der Waals surface area contributed by atoms with Crippen LogP contribution in [-0.4, -0.2) is 5.16 Å². The summed E-state index contributed by atoms with van der Waals surface area (Å²) in [7, 11) is 0. The SMILES string of the molecule is CC1CCC(c2onc(N)c2-c2ccc(Cl)cc2Cl)CC1. The van der Waals surface area contributed by atoms with Crippen molar-refractivity contribution in [3.63, 3.8) is 0 Å². The number of nitrogens with two attached hydrogens (primary N) is 1. The summed E-state index contributed by atoms with van der Waals surface area (Å²) in [6.07, 6.45) is 4.63. The number of hydrogen-bond donors (Lipinski definition) is 1. The second-order valence-corrected chi connectivity index (χ2v) is 6.73. The van der Waals surface area contributed by atoms with Crippen molar-refractivity contribution in [2.45, 2.75) is 38.5 Å². The molecule has 0 aliphatic heterocycles. The Labute approximate surface area is 134 Å². The van der Waals surface area contributed by atoms with Gasteiger partial charge in [-0.05, 0) is 30.9 Å². The fourth-order valence-corrected chi connectivity index (χ4v) is 3.58. The summed E-state index contributed by atoms with van der Waals surface area (Å²) in [5.74, 6) is 2.41. The van der Waals surface area contributed by atoms with E-state index in [4.69, 9.17) is 33.5 Å². The van der Waals surface area contributed by atoms with Crippen molar-refractivity contribution in [2.75, 3.05) is 5.73 Å². The molecule has 1 heterocycles. The summed E-state index contributed by atoms with van der Waals surface area (Å²) in [5, 5.41) is 5.14. The van der Waals surface area contributed by atoms with Crippen LogP contribution in [0.3, 0.4) is 0 Å². The van der Waals surface area contributed by atoms with E-state index in [1.54, 1.807) is 6.07 Å². The third kappa shape index (κ3) is 2.90. The first-order valence-corrected chi connectivity index (χ1v) is 8.02. The molecule has 1 aliphatic rings. The molecule has 0 atom stereocenters. The van der Waals surface area contributed by atoms with Crippen LogP contribution in [0, 0.1) is 5.92 Å². The van der Waals surface area contributed by atoms with Crippen molar-refractivity contribution in [3.8, 4) is 11.1 Å². The molecule has 1 fully saturated rings. The second-order valence-electron chi connectivity index (χ2n) is 5.89. The Hall–Kier alpha value is -1.19.